The highest BCUT2D eigenvalue weighted by atomic mass is 35.5. The van der Waals surface area contributed by atoms with Gasteiger partial charge in [-0.3, -0.25) is 9.69 Å². The molecule has 0 radical (unpaired) electrons. The molecule has 4 nitrogen and oxygen atoms in total. The van der Waals surface area contributed by atoms with Gasteiger partial charge < -0.3 is 9.80 Å². The summed E-state index contributed by atoms with van der Waals surface area (Å²) in [6, 6.07) is 5.78. The number of carbonyl (C=O) groups is 1. The van der Waals surface area contributed by atoms with E-state index in [-0.39, 0.29) is 5.92 Å². The highest BCUT2D eigenvalue weighted by Crippen LogP contribution is 2.25. The molecule has 0 aromatic heterocycles. The number of likely N-dealkylation sites (N-methyl/N-ethyl adjacent to an activating group) is 1. The molecule has 3 rings (SSSR count). The number of amides is 1. The summed E-state index contributed by atoms with van der Waals surface area (Å²) in [7, 11) is 2.11. The summed E-state index contributed by atoms with van der Waals surface area (Å²) in [6.07, 6.45) is 2.08. The Balaban J connectivity index is 1.57. The summed E-state index contributed by atoms with van der Waals surface area (Å²) in [6.45, 7) is 6.37. The second kappa shape index (κ2) is 8.05. The number of piperazine rings is 1. The molecule has 1 unspecified atom stereocenters. The monoisotopic (exact) mass is 369 g/mol. The van der Waals surface area contributed by atoms with Gasteiger partial charge in [0, 0.05) is 39.3 Å². The topological polar surface area (TPSA) is 26.8 Å². The van der Waals surface area contributed by atoms with Gasteiger partial charge in [-0.1, -0.05) is 29.3 Å². The number of carbonyl (C=O) groups excluding carboxylic acids is 1. The molecule has 2 fully saturated rings. The van der Waals surface area contributed by atoms with Crippen molar-refractivity contribution < 1.29 is 4.79 Å². The molecule has 6 heteroatoms. The normalized spacial score (nSPS) is 23.5. The van der Waals surface area contributed by atoms with Crippen LogP contribution in [-0.4, -0.2) is 66.9 Å². The summed E-state index contributed by atoms with van der Waals surface area (Å²) >= 11 is 12.1. The van der Waals surface area contributed by atoms with Crippen LogP contribution in [0.1, 0.15) is 18.4 Å². The molecule has 132 valence electrons. The zero-order valence-electron chi connectivity index (χ0n) is 14.2. The summed E-state index contributed by atoms with van der Waals surface area (Å²) in [5, 5.41) is 1.18. The fourth-order valence-corrected chi connectivity index (χ4v) is 3.90. The third kappa shape index (κ3) is 4.42. The van der Waals surface area contributed by atoms with Gasteiger partial charge >= 0.3 is 0 Å². The van der Waals surface area contributed by atoms with E-state index in [9.17, 15) is 4.79 Å². The van der Waals surface area contributed by atoms with Gasteiger partial charge in [-0.05, 0) is 44.1 Å². The van der Waals surface area contributed by atoms with E-state index in [1.165, 1.54) is 0 Å². The zero-order chi connectivity index (χ0) is 17.1. The largest absolute Gasteiger partial charge is 0.340 e. The fraction of sp³-hybridized carbons (Fsp3) is 0.611. The SMILES string of the molecule is CN1CCN(C(=O)C2CCCN(Cc3ccc(Cl)c(Cl)c3)C2)CC1. The van der Waals surface area contributed by atoms with E-state index in [0.29, 0.717) is 16.0 Å². The number of nitrogens with zero attached hydrogens (tertiary/aromatic N) is 3. The van der Waals surface area contributed by atoms with Gasteiger partial charge in [-0.2, -0.15) is 0 Å². The molecule has 2 aliphatic heterocycles. The van der Waals surface area contributed by atoms with Gasteiger partial charge in [0.2, 0.25) is 5.91 Å². The standard InChI is InChI=1S/C18H25Cl2N3O/c1-21-7-9-23(10-8-21)18(24)15-3-2-6-22(13-15)12-14-4-5-16(19)17(20)11-14/h4-5,11,15H,2-3,6-10,12-13H2,1H3. The van der Waals surface area contributed by atoms with E-state index in [1.54, 1.807) is 0 Å². The second-order valence-corrected chi connectivity index (χ2v) is 7.77. The van der Waals surface area contributed by atoms with Crippen LogP contribution in [0.2, 0.25) is 10.0 Å². The van der Waals surface area contributed by atoms with Crippen LogP contribution in [0.5, 0.6) is 0 Å². The van der Waals surface area contributed by atoms with Gasteiger partial charge in [-0.25, -0.2) is 0 Å². The van der Waals surface area contributed by atoms with Crippen LogP contribution in [0.4, 0.5) is 0 Å². The Kier molecular flexibility index (Phi) is 6.03. The van der Waals surface area contributed by atoms with E-state index in [1.807, 2.05) is 23.1 Å². The quantitative estimate of drug-likeness (QED) is 0.819. The Morgan fingerprint density at radius 1 is 1.12 bits per heavy atom. The molecular formula is C18H25Cl2N3O. The molecule has 0 aliphatic carbocycles. The Hall–Kier alpha value is -0.810. The molecule has 0 bridgehead atoms. The minimum Gasteiger partial charge on any atom is -0.340 e. The van der Waals surface area contributed by atoms with Crippen LogP contribution in [0.15, 0.2) is 18.2 Å². The molecule has 0 saturated carbocycles. The third-order valence-corrected chi connectivity index (χ3v) is 5.80. The van der Waals surface area contributed by atoms with E-state index in [4.69, 9.17) is 23.2 Å². The first-order valence-electron chi connectivity index (χ1n) is 8.66. The molecule has 0 spiro atoms. The van der Waals surface area contributed by atoms with E-state index >= 15 is 0 Å². The van der Waals surface area contributed by atoms with Gasteiger partial charge in [0.05, 0.1) is 16.0 Å². The fourth-order valence-electron chi connectivity index (χ4n) is 3.58. The van der Waals surface area contributed by atoms with Gasteiger partial charge in [0.15, 0.2) is 0 Å². The molecular weight excluding hydrogens is 345 g/mol. The number of benzene rings is 1. The van der Waals surface area contributed by atoms with Gasteiger partial charge in [0.1, 0.15) is 0 Å². The van der Waals surface area contributed by atoms with Crippen molar-refractivity contribution >= 4 is 29.1 Å². The van der Waals surface area contributed by atoms with Crippen molar-refractivity contribution in [3.8, 4) is 0 Å². The van der Waals surface area contributed by atoms with Crippen molar-refractivity contribution in [2.24, 2.45) is 5.92 Å². The predicted octanol–water partition coefficient (Wildman–Crippen LogP) is 2.98. The molecule has 2 heterocycles. The van der Waals surface area contributed by atoms with E-state index < -0.39 is 0 Å². The summed E-state index contributed by atoms with van der Waals surface area (Å²) in [5.74, 6) is 0.465. The maximum absolute atomic E-state index is 12.8. The number of rotatable bonds is 3. The lowest BCUT2D eigenvalue weighted by molar-refractivity contribution is -0.139. The summed E-state index contributed by atoms with van der Waals surface area (Å²) in [5.41, 5.74) is 1.15. The molecule has 1 amide bonds. The average Bonchev–Trinajstić information content (AvgIpc) is 2.58. The molecule has 0 N–H and O–H groups in total. The number of likely N-dealkylation sites (tertiary alicyclic amines) is 1. The Morgan fingerprint density at radius 3 is 2.58 bits per heavy atom. The first-order valence-corrected chi connectivity index (χ1v) is 9.42. The lowest BCUT2D eigenvalue weighted by atomic mass is 9.95. The molecule has 1 atom stereocenters. The van der Waals surface area contributed by atoms with Crippen LogP contribution in [0.3, 0.4) is 0 Å². The van der Waals surface area contributed by atoms with Crippen molar-refractivity contribution in [3.05, 3.63) is 33.8 Å². The Bertz CT molecular complexity index is 588. The summed E-state index contributed by atoms with van der Waals surface area (Å²) < 4.78 is 0. The second-order valence-electron chi connectivity index (χ2n) is 6.95. The lowest BCUT2D eigenvalue weighted by Gasteiger charge is -2.38. The maximum atomic E-state index is 12.8. The average molecular weight is 370 g/mol. The third-order valence-electron chi connectivity index (χ3n) is 5.06. The minimum atomic E-state index is 0.130. The Morgan fingerprint density at radius 2 is 1.88 bits per heavy atom. The smallest absolute Gasteiger partial charge is 0.227 e. The molecule has 1 aromatic rings. The van der Waals surface area contributed by atoms with E-state index in [2.05, 4.69) is 16.8 Å². The van der Waals surface area contributed by atoms with Crippen molar-refractivity contribution in [3.63, 3.8) is 0 Å². The highest BCUT2D eigenvalue weighted by Gasteiger charge is 2.30. The zero-order valence-corrected chi connectivity index (χ0v) is 15.7. The molecule has 2 aliphatic rings. The van der Waals surface area contributed by atoms with Crippen LogP contribution >= 0.6 is 23.2 Å². The number of piperidine rings is 1. The van der Waals surface area contributed by atoms with Crippen LogP contribution < -0.4 is 0 Å². The number of hydrogen-bond acceptors (Lipinski definition) is 3. The predicted molar refractivity (Wildman–Crippen MR) is 98.5 cm³/mol. The van der Waals surface area contributed by atoms with Crippen LogP contribution in [0.25, 0.3) is 0 Å². The Labute approximate surface area is 154 Å². The lowest BCUT2D eigenvalue weighted by Crippen LogP contribution is -2.51. The minimum absolute atomic E-state index is 0.130. The summed E-state index contributed by atoms with van der Waals surface area (Å²) in [4.78, 5) is 19.5. The van der Waals surface area contributed by atoms with Gasteiger partial charge in [-0.15, -0.1) is 0 Å². The first kappa shape index (κ1) is 18.0. The molecule has 2 saturated heterocycles. The maximum Gasteiger partial charge on any atom is 0.227 e. The van der Waals surface area contributed by atoms with E-state index in [0.717, 1.165) is 64.2 Å². The van der Waals surface area contributed by atoms with Crippen LogP contribution in [-0.2, 0) is 11.3 Å². The number of hydrogen-bond donors (Lipinski definition) is 0. The molecule has 24 heavy (non-hydrogen) atoms. The van der Waals surface area contributed by atoms with Gasteiger partial charge in [0.25, 0.3) is 0 Å². The van der Waals surface area contributed by atoms with Crippen molar-refractivity contribution in [2.75, 3.05) is 46.3 Å². The van der Waals surface area contributed by atoms with Crippen molar-refractivity contribution in [1.29, 1.82) is 0 Å². The highest BCUT2D eigenvalue weighted by molar-refractivity contribution is 6.42. The van der Waals surface area contributed by atoms with Crippen molar-refractivity contribution in [2.45, 2.75) is 19.4 Å². The van der Waals surface area contributed by atoms with Crippen LogP contribution in [0, 0.1) is 5.92 Å². The van der Waals surface area contributed by atoms with Crippen molar-refractivity contribution in [1.82, 2.24) is 14.7 Å². The first-order chi connectivity index (χ1) is 11.5. The molecule has 1 aromatic carbocycles. The number of halogens is 2.